The third kappa shape index (κ3) is 4.21. The lowest BCUT2D eigenvalue weighted by Crippen LogP contribution is -2.35. The highest BCUT2D eigenvalue weighted by Crippen LogP contribution is 2.28. The molecule has 114 valence electrons. The van der Waals surface area contributed by atoms with E-state index in [1.807, 2.05) is 4.90 Å². The molecule has 1 heterocycles. The number of hydrogen-bond acceptors (Lipinski definition) is 2. The molecule has 3 amide bonds. The number of nitrogens with two attached hydrogens (primary N) is 1. The van der Waals surface area contributed by atoms with Crippen molar-refractivity contribution in [1.29, 1.82) is 0 Å². The molecule has 1 aromatic rings. The van der Waals surface area contributed by atoms with Gasteiger partial charge in [-0.1, -0.05) is 17.7 Å². The maximum absolute atomic E-state index is 12.4. The van der Waals surface area contributed by atoms with Gasteiger partial charge in [-0.2, -0.15) is 0 Å². The number of nitrogens with one attached hydrogen (secondary N) is 1. The van der Waals surface area contributed by atoms with Crippen LogP contribution in [0, 0.1) is 6.92 Å². The van der Waals surface area contributed by atoms with Gasteiger partial charge < -0.3 is 16.0 Å². The number of nitrogens with zero attached hydrogens (tertiary/aromatic N) is 1. The molecule has 5 nitrogen and oxygen atoms in total. The number of carbonyl (C=O) groups excluding carboxylic acids is 2. The molecule has 0 aliphatic carbocycles. The maximum Gasteiger partial charge on any atom is 0.312 e. The lowest BCUT2D eigenvalue weighted by molar-refractivity contribution is -0.118. The summed E-state index contributed by atoms with van der Waals surface area (Å²) in [5.74, 6) is 0.166. The molecule has 0 bridgehead atoms. The zero-order valence-corrected chi connectivity index (χ0v) is 12.5. The average Bonchev–Trinajstić information content (AvgIpc) is 2.45. The molecule has 0 aromatic heterocycles. The third-order valence-electron chi connectivity index (χ3n) is 3.77. The van der Waals surface area contributed by atoms with Gasteiger partial charge in [0, 0.05) is 25.2 Å². The Bertz CT molecular complexity index is 528. The van der Waals surface area contributed by atoms with Gasteiger partial charge in [0.2, 0.25) is 5.91 Å². The highest BCUT2D eigenvalue weighted by molar-refractivity contribution is 5.94. The summed E-state index contributed by atoms with van der Waals surface area (Å²) in [5.41, 5.74) is 8.56. The number of unbranched alkanes of at least 4 members (excludes halogenated alkanes) is 1. The number of rotatable bonds is 5. The summed E-state index contributed by atoms with van der Waals surface area (Å²) in [6.07, 6.45) is 4.10. The predicted molar refractivity (Wildman–Crippen MR) is 83.3 cm³/mol. The van der Waals surface area contributed by atoms with Crippen LogP contribution in [0.2, 0.25) is 0 Å². The maximum atomic E-state index is 12.4. The minimum Gasteiger partial charge on any atom is -0.352 e. The van der Waals surface area contributed by atoms with Crippen molar-refractivity contribution < 1.29 is 9.59 Å². The minimum atomic E-state index is -0.512. The number of anilines is 1. The first kappa shape index (κ1) is 15.4. The second kappa shape index (κ2) is 7.11. The van der Waals surface area contributed by atoms with Gasteiger partial charge in [-0.25, -0.2) is 4.79 Å². The van der Waals surface area contributed by atoms with E-state index in [9.17, 15) is 9.59 Å². The van der Waals surface area contributed by atoms with Crippen LogP contribution in [0.5, 0.6) is 0 Å². The van der Waals surface area contributed by atoms with E-state index in [1.54, 1.807) is 0 Å². The van der Waals surface area contributed by atoms with Crippen LogP contribution >= 0.6 is 0 Å². The van der Waals surface area contributed by atoms with E-state index in [2.05, 4.69) is 30.4 Å². The van der Waals surface area contributed by atoms with Crippen molar-refractivity contribution in [2.45, 2.75) is 39.0 Å². The largest absolute Gasteiger partial charge is 0.352 e. The van der Waals surface area contributed by atoms with Crippen molar-refractivity contribution >= 4 is 17.6 Å². The Labute approximate surface area is 125 Å². The molecule has 5 heteroatoms. The SMILES string of the molecule is Cc1ccc2c(c1)CCCN2C(=O)CCCCNC(N)=O. The summed E-state index contributed by atoms with van der Waals surface area (Å²) in [7, 11) is 0. The van der Waals surface area contributed by atoms with E-state index in [-0.39, 0.29) is 5.91 Å². The van der Waals surface area contributed by atoms with Crippen LogP contribution < -0.4 is 16.0 Å². The van der Waals surface area contributed by atoms with E-state index in [4.69, 9.17) is 5.73 Å². The summed E-state index contributed by atoms with van der Waals surface area (Å²) < 4.78 is 0. The Morgan fingerprint density at radius 3 is 2.90 bits per heavy atom. The van der Waals surface area contributed by atoms with Crippen LogP contribution in [0.25, 0.3) is 0 Å². The first-order chi connectivity index (χ1) is 10.1. The predicted octanol–water partition coefficient (Wildman–Crippen LogP) is 2.11. The van der Waals surface area contributed by atoms with Crippen molar-refractivity contribution in [2.24, 2.45) is 5.73 Å². The van der Waals surface area contributed by atoms with Crippen molar-refractivity contribution in [2.75, 3.05) is 18.0 Å². The monoisotopic (exact) mass is 289 g/mol. The summed E-state index contributed by atoms with van der Waals surface area (Å²) in [4.78, 5) is 24.8. The number of hydrogen-bond donors (Lipinski definition) is 2. The lowest BCUT2D eigenvalue weighted by atomic mass is 9.99. The van der Waals surface area contributed by atoms with Crippen LogP contribution in [-0.4, -0.2) is 25.0 Å². The van der Waals surface area contributed by atoms with Gasteiger partial charge in [0.1, 0.15) is 0 Å². The van der Waals surface area contributed by atoms with Crippen molar-refractivity contribution in [3.8, 4) is 0 Å². The highest BCUT2D eigenvalue weighted by Gasteiger charge is 2.21. The van der Waals surface area contributed by atoms with Gasteiger partial charge in [-0.3, -0.25) is 4.79 Å². The molecule has 1 aliphatic rings. The molecular formula is C16H23N3O2. The summed E-state index contributed by atoms with van der Waals surface area (Å²) in [6.45, 7) is 3.40. The number of urea groups is 1. The molecule has 1 aliphatic heterocycles. The van der Waals surface area contributed by atoms with Gasteiger partial charge in [0.25, 0.3) is 0 Å². The van der Waals surface area contributed by atoms with Crippen molar-refractivity contribution in [3.63, 3.8) is 0 Å². The number of fused-ring (bicyclic) bond motifs is 1. The van der Waals surface area contributed by atoms with Gasteiger partial charge in [0.05, 0.1) is 0 Å². The number of carbonyl (C=O) groups is 2. The normalized spacial score (nSPS) is 13.7. The molecule has 0 fully saturated rings. The van der Waals surface area contributed by atoms with E-state index in [0.29, 0.717) is 13.0 Å². The molecule has 0 atom stereocenters. The minimum absolute atomic E-state index is 0.166. The van der Waals surface area contributed by atoms with Gasteiger partial charge in [0.15, 0.2) is 0 Å². The van der Waals surface area contributed by atoms with Gasteiger partial charge >= 0.3 is 6.03 Å². The summed E-state index contributed by atoms with van der Waals surface area (Å²) in [5, 5.41) is 2.53. The quantitative estimate of drug-likeness (QED) is 0.815. The van der Waals surface area contributed by atoms with E-state index < -0.39 is 6.03 Å². The van der Waals surface area contributed by atoms with Crippen LogP contribution in [0.15, 0.2) is 18.2 Å². The molecule has 0 saturated heterocycles. The molecule has 1 aromatic carbocycles. The Balaban J connectivity index is 1.88. The smallest absolute Gasteiger partial charge is 0.312 e. The van der Waals surface area contributed by atoms with Crippen LogP contribution in [0.4, 0.5) is 10.5 Å². The summed E-state index contributed by atoms with van der Waals surface area (Å²) in [6, 6.07) is 5.77. The Morgan fingerprint density at radius 2 is 2.14 bits per heavy atom. The molecule has 0 spiro atoms. The fourth-order valence-corrected chi connectivity index (χ4v) is 2.73. The second-order valence-corrected chi connectivity index (χ2v) is 5.53. The molecule has 0 radical (unpaired) electrons. The number of aryl methyl sites for hydroxylation is 2. The zero-order chi connectivity index (χ0) is 15.2. The van der Waals surface area contributed by atoms with E-state index in [1.165, 1.54) is 11.1 Å². The Morgan fingerprint density at radius 1 is 1.33 bits per heavy atom. The highest BCUT2D eigenvalue weighted by atomic mass is 16.2. The fourth-order valence-electron chi connectivity index (χ4n) is 2.73. The van der Waals surface area contributed by atoms with Crippen LogP contribution in [0.3, 0.4) is 0 Å². The van der Waals surface area contributed by atoms with E-state index >= 15 is 0 Å². The second-order valence-electron chi connectivity index (χ2n) is 5.53. The van der Waals surface area contributed by atoms with Crippen LogP contribution in [-0.2, 0) is 11.2 Å². The third-order valence-corrected chi connectivity index (χ3v) is 3.77. The first-order valence-corrected chi connectivity index (χ1v) is 7.51. The number of primary amides is 1. The standard InChI is InChI=1S/C16H23N3O2/c1-12-7-8-14-13(11-12)5-4-10-19(14)15(20)6-2-3-9-18-16(17)21/h7-8,11H,2-6,9-10H2,1H3,(H3,17,18,21). The Hall–Kier alpha value is -2.04. The van der Waals surface area contributed by atoms with Crippen molar-refractivity contribution in [1.82, 2.24) is 5.32 Å². The lowest BCUT2D eigenvalue weighted by Gasteiger charge is -2.30. The van der Waals surface area contributed by atoms with Gasteiger partial charge in [-0.05, 0) is 44.2 Å². The fraction of sp³-hybridized carbons (Fsp3) is 0.500. The molecule has 2 rings (SSSR count). The van der Waals surface area contributed by atoms with E-state index in [0.717, 1.165) is 37.9 Å². The molecular weight excluding hydrogens is 266 g/mol. The summed E-state index contributed by atoms with van der Waals surface area (Å²) >= 11 is 0. The molecule has 0 saturated carbocycles. The molecule has 21 heavy (non-hydrogen) atoms. The average molecular weight is 289 g/mol. The topological polar surface area (TPSA) is 75.4 Å². The number of amides is 3. The van der Waals surface area contributed by atoms with Crippen molar-refractivity contribution in [3.05, 3.63) is 29.3 Å². The first-order valence-electron chi connectivity index (χ1n) is 7.51. The zero-order valence-electron chi connectivity index (χ0n) is 12.5. The Kier molecular flexibility index (Phi) is 5.20. The van der Waals surface area contributed by atoms with Crippen LogP contribution in [0.1, 0.15) is 36.8 Å². The van der Waals surface area contributed by atoms with Gasteiger partial charge in [-0.15, -0.1) is 0 Å². The molecule has 0 unspecified atom stereocenters. The number of benzene rings is 1. The molecule has 3 N–H and O–H groups in total.